The zero-order valence-corrected chi connectivity index (χ0v) is 11.7. The zero-order valence-electron chi connectivity index (χ0n) is 11.7. The van der Waals surface area contributed by atoms with Crippen LogP contribution in [0.1, 0.15) is 45.4 Å². The Labute approximate surface area is 111 Å². The molecular weight excluding hydrogens is 224 g/mol. The highest BCUT2D eigenvalue weighted by atomic mass is 16.5. The van der Waals surface area contributed by atoms with Crippen LogP contribution in [0, 0.1) is 11.8 Å². The summed E-state index contributed by atoms with van der Waals surface area (Å²) in [6.45, 7) is 6.07. The van der Waals surface area contributed by atoms with E-state index in [0.717, 1.165) is 38.1 Å². The summed E-state index contributed by atoms with van der Waals surface area (Å²) in [4.78, 5) is 2.66. The Morgan fingerprint density at radius 1 is 1.28 bits per heavy atom. The van der Waals surface area contributed by atoms with Crippen LogP contribution in [0.15, 0.2) is 0 Å². The molecule has 0 aromatic heterocycles. The third kappa shape index (κ3) is 2.45. The number of hydrogen-bond donors (Lipinski definition) is 1. The number of rotatable bonds is 3. The van der Waals surface area contributed by atoms with Gasteiger partial charge in [-0.1, -0.05) is 12.8 Å². The van der Waals surface area contributed by atoms with Crippen molar-refractivity contribution in [1.29, 1.82) is 0 Å². The third-order valence-corrected chi connectivity index (χ3v) is 5.44. The molecule has 1 heterocycles. The Morgan fingerprint density at radius 3 is 2.78 bits per heavy atom. The van der Waals surface area contributed by atoms with E-state index in [2.05, 4.69) is 11.8 Å². The maximum atomic E-state index is 6.21. The minimum Gasteiger partial charge on any atom is -0.376 e. The van der Waals surface area contributed by atoms with Gasteiger partial charge in [-0.05, 0) is 44.4 Å². The van der Waals surface area contributed by atoms with Gasteiger partial charge in [0.25, 0.3) is 0 Å². The summed E-state index contributed by atoms with van der Waals surface area (Å²) in [5, 5.41) is 0. The van der Waals surface area contributed by atoms with Crippen molar-refractivity contribution in [2.45, 2.75) is 57.1 Å². The van der Waals surface area contributed by atoms with Gasteiger partial charge in [0.2, 0.25) is 0 Å². The molecule has 0 aromatic rings. The summed E-state index contributed by atoms with van der Waals surface area (Å²) < 4.78 is 5.69. The van der Waals surface area contributed by atoms with Crippen LogP contribution in [0.4, 0.5) is 0 Å². The van der Waals surface area contributed by atoms with E-state index in [0.29, 0.717) is 11.6 Å². The largest absolute Gasteiger partial charge is 0.376 e. The number of nitrogens with two attached hydrogens (primary N) is 1. The van der Waals surface area contributed by atoms with Crippen molar-refractivity contribution in [2.24, 2.45) is 17.6 Å². The van der Waals surface area contributed by atoms with Gasteiger partial charge < -0.3 is 10.5 Å². The lowest BCUT2D eigenvalue weighted by Gasteiger charge is -2.50. The summed E-state index contributed by atoms with van der Waals surface area (Å²) in [5.74, 6) is 2.00. The molecule has 3 atom stereocenters. The highest BCUT2D eigenvalue weighted by molar-refractivity contribution is 5.00. The van der Waals surface area contributed by atoms with Gasteiger partial charge in [-0.25, -0.2) is 0 Å². The Balaban J connectivity index is 1.71. The minimum atomic E-state index is 0.295. The third-order valence-electron chi connectivity index (χ3n) is 5.44. The van der Waals surface area contributed by atoms with E-state index in [1.807, 2.05) is 0 Å². The van der Waals surface area contributed by atoms with Gasteiger partial charge in [0.05, 0.1) is 12.7 Å². The molecule has 3 unspecified atom stereocenters. The highest BCUT2D eigenvalue weighted by Gasteiger charge is 2.45. The average Bonchev–Trinajstić information content (AvgIpc) is 3.23. The van der Waals surface area contributed by atoms with Crippen LogP contribution in [0.2, 0.25) is 0 Å². The second-order valence-corrected chi connectivity index (χ2v) is 6.75. The number of morpholine rings is 1. The first-order valence-electron chi connectivity index (χ1n) is 7.80. The van der Waals surface area contributed by atoms with Gasteiger partial charge in [0.15, 0.2) is 0 Å². The van der Waals surface area contributed by atoms with E-state index >= 15 is 0 Å². The first-order valence-corrected chi connectivity index (χ1v) is 7.80. The molecule has 3 fully saturated rings. The Morgan fingerprint density at radius 2 is 2.11 bits per heavy atom. The summed E-state index contributed by atoms with van der Waals surface area (Å²) >= 11 is 0. The summed E-state index contributed by atoms with van der Waals surface area (Å²) in [5.41, 5.74) is 6.51. The Kier molecular flexibility index (Phi) is 3.65. The fourth-order valence-electron chi connectivity index (χ4n) is 4.21. The van der Waals surface area contributed by atoms with Crippen molar-refractivity contribution in [3.8, 4) is 0 Å². The SMILES string of the molecule is CC1CN(C2(CN)CCCC(C3CC3)C2)CCO1. The van der Waals surface area contributed by atoms with Gasteiger partial charge in [0, 0.05) is 25.2 Å². The van der Waals surface area contributed by atoms with Gasteiger partial charge in [-0.2, -0.15) is 0 Å². The van der Waals surface area contributed by atoms with E-state index in [1.165, 1.54) is 38.5 Å². The molecule has 104 valence electrons. The lowest BCUT2D eigenvalue weighted by atomic mass is 9.72. The van der Waals surface area contributed by atoms with Crippen molar-refractivity contribution in [3.05, 3.63) is 0 Å². The lowest BCUT2D eigenvalue weighted by Crippen LogP contribution is -2.60. The standard InChI is InChI=1S/C15H28N2O/c1-12-10-17(7-8-18-12)15(11-16)6-2-3-14(9-15)13-4-5-13/h12-14H,2-11,16H2,1H3. The lowest BCUT2D eigenvalue weighted by molar-refractivity contribution is -0.0771. The second kappa shape index (κ2) is 5.10. The smallest absolute Gasteiger partial charge is 0.0674 e. The van der Waals surface area contributed by atoms with Gasteiger partial charge in [0.1, 0.15) is 0 Å². The maximum Gasteiger partial charge on any atom is 0.0674 e. The molecule has 3 aliphatic rings. The van der Waals surface area contributed by atoms with Crippen molar-refractivity contribution in [1.82, 2.24) is 4.90 Å². The molecule has 2 N–H and O–H groups in total. The Hall–Kier alpha value is -0.120. The number of hydrogen-bond acceptors (Lipinski definition) is 3. The van der Waals surface area contributed by atoms with E-state index in [-0.39, 0.29) is 0 Å². The first kappa shape index (κ1) is 12.9. The summed E-state index contributed by atoms with van der Waals surface area (Å²) in [6, 6.07) is 0. The van der Waals surface area contributed by atoms with E-state index in [1.54, 1.807) is 0 Å². The highest BCUT2D eigenvalue weighted by Crippen LogP contribution is 2.48. The van der Waals surface area contributed by atoms with Crippen molar-refractivity contribution in [3.63, 3.8) is 0 Å². The van der Waals surface area contributed by atoms with Crippen molar-refractivity contribution in [2.75, 3.05) is 26.2 Å². The molecule has 3 nitrogen and oxygen atoms in total. The zero-order chi connectivity index (χ0) is 12.6. The molecule has 3 heteroatoms. The molecule has 2 aliphatic carbocycles. The fraction of sp³-hybridized carbons (Fsp3) is 1.00. The van der Waals surface area contributed by atoms with E-state index in [4.69, 9.17) is 10.5 Å². The molecule has 3 rings (SSSR count). The topological polar surface area (TPSA) is 38.5 Å². The average molecular weight is 252 g/mol. The normalized spacial score (nSPS) is 43.0. The van der Waals surface area contributed by atoms with E-state index < -0.39 is 0 Å². The van der Waals surface area contributed by atoms with Crippen LogP contribution < -0.4 is 5.73 Å². The molecule has 1 saturated heterocycles. The molecule has 0 amide bonds. The molecule has 0 radical (unpaired) electrons. The van der Waals surface area contributed by atoms with Crippen LogP contribution in [0.25, 0.3) is 0 Å². The van der Waals surface area contributed by atoms with Gasteiger partial charge >= 0.3 is 0 Å². The minimum absolute atomic E-state index is 0.295. The van der Waals surface area contributed by atoms with Crippen LogP contribution >= 0.6 is 0 Å². The molecule has 0 bridgehead atoms. The molecular formula is C15H28N2O. The summed E-state index contributed by atoms with van der Waals surface area (Å²) in [6.07, 6.45) is 8.82. The van der Waals surface area contributed by atoms with Crippen LogP contribution in [0.3, 0.4) is 0 Å². The molecule has 0 aromatic carbocycles. The quantitative estimate of drug-likeness (QED) is 0.835. The van der Waals surface area contributed by atoms with Crippen LogP contribution in [-0.4, -0.2) is 42.8 Å². The van der Waals surface area contributed by atoms with Crippen molar-refractivity contribution >= 4 is 0 Å². The Bertz CT molecular complexity index is 292. The molecule has 18 heavy (non-hydrogen) atoms. The van der Waals surface area contributed by atoms with Crippen molar-refractivity contribution < 1.29 is 4.74 Å². The van der Waals surface area contributed by atoms with Crippen LogP contribution in [0.5, 0.6) is 0 Å². The molecule has 2 saturated carbocycles. The molecule has 1 aliphatic heterocycles. The maximum absolute atomic E-state index is 6.21. The summed E-state index contributed by atoms with van der Waals surface area (Å²) in [7, 11) is 0. The number of nitrogens with zero attached hydrogens (tertiary/aromatic N) is 1. The van der Waals surface area contributed by atoms with Gasteiger partial charge in [-0.3, -0.25) is 4.90 Å². The number of ether oxygens (including phenoxy) is 1. The fourth-order valence-corrected chi connectivity index (χ4v) is 4.21. The predicted octanol–water partition coefficient (Wildman–Crippen LogP) is 2.00. The van der Waals surface area contributed by atoms with Crippen LogP contribution in [-0.2, 0) is 4.74 Å². The second-order valence-electron chi connectivity index (χ2n) is 6.75. The molecule has 0 spiro atoms. The van der Waals surface area contributed by atoms with Gasteiger partial charge in [-0.15, -0.1) is 0 Å². The predicted molar refractivity (Wildman–Crippen MR) is 73.5 cm³/mol. The van der Waals surface area contributed by atoms with E-state index in [9.17, 15) is 0 Å². The monoisotopic (exact) mass is 252 g/mol. The first-order chi connectivity index (χ1) is 8.73.